The fourth-order valence-corrected chi connectivity index (χ4v) is 3.95. The number of nitrogens with one attached hydrogen (secondary N) is 1. The van der Waals surface area contributed by atoms with Gasteiger partial charge in [0, 0.05) is 12.1 Å². The average Bonchev–Trinajstić information content (AvgIpc) is 2.96. The first-order chi connectivity index (χ1) is 9.11. The van der Waals surface area contributed by atoms with Gasteiger partial charge in [-0.25, -0.2) is 0 Å². The van der Waals surface area contributed by atoms with Gasteiger partial charge in [-0.1, -0.05) is 29.6 Å². The Kier molecular flexibility index (Phi) is 3.72. The van der Waals surface area contributed by atoms with Crippen LogP contribution < -0.4 is 5.32 Å². The van der Waals surface area contributed by atoms with Gasteiger partial charge in [-0.15, -0.1) is 0 Å². The van der Waals surface area contributed by atoms with Crippen LogP contribution in [-0.2, 0) is 4.79 Å². The van der Waals surface area contributed by atoms with Gasteiger partial charge >= 0.3 is 0 Å². The molecular formula is C15H17Cl2NO. The third kappa shape index (κ3) is 2.90. The van der Waals surface area contributed by atoms with Crippen LogP contribution in [0.5, 0.6) is 0 Å². The van der Waals surface area contributed by atoms with E-state index in [1.807, 2.05) is 0 Å². The molecule has 2 fully saturated rings. The van der Waals surface area contributed by atoms with Gasteiger partial charge in [-0.05, 0) is 55.2 Å². The van der Waals surface area contributed by atoms with Crippen LogP contribution in [0.15, 0.2) is 18.2 Å². The topological polar surface area (TPSA) is 29.1 Å². The SMILES string of the molecule is O=C(C[C@H]1C[C@H]2CC[C@@H]1C2)Nc1ccc(Cl)c(Cl)c1. The summed E-state index contributed by atoms with van der Waals surface area (Å²) in [5.41, 5.74) is 0.725. The molecule has 3 rings (SSSR count). The van der Waals surface area contributed by atoms with Gasteiger partial charge in [0.1, 0.15) is 0 Å². The molecule has 3 atom stereocenters. The second kappa shape index (κ2) is 5.34. The molecule has 2 nitrogen and oxygen atoms in total. The van der Waals surface area contributed by atoms with Crippen LogP contribution in [0.2, 0.25) is 10.0 Å². The number of amides is 1. The van der Waals surface area contributed by atoms with Crippen molar-refractivity contribution in [3.63, 3.8) is 0 Å². The molecule has 1 N–H and O–H groups in total. The zero-order chi connectivity index (χ0) is 13.4. The molecular weight excluding hydrogens is 281 g/mol. The summed E-state index contributed by atoms with van der Waals surface area (Å²) in [6.45, 7) is 0. The minimum absolute atomic E-state index is 0.0935. The smallest absolute Gasteiger partial charge is 0.224 e. The van der Waals surface area contributed by atoms with Crippen molar-refractivity contribution < 1.29 is 4.79 Å². The van der Waals surface area contributed by atoms with Gasteiger partial charge in [0.05, 0.1) is 10.0 Å². The first kappa shape index (κ1) is 13.3. The highest BCUT2D eigenvalue weighted by Crippen LogP contribution is 2.49. The molecule has 4 heteroatoms. The van der Waals surface area contributed by atoms with Gasteiger partial charge in [0.15, 0.2) is 0 Å². The van der Waals surface area contributed by atoms with Crippen molar-refractivity contribution in [2.24, 2.45) is 17.8 Å². The van der Waals surface area contributed by atoms with Crippen molar-refractivity contribution in [2.45, 2.75) is 32.1 Å². The van der Waals surface area contributed by atoms with Crippen LogP contribution in [0.3, 0.4) is 0 Å². The van der Waals surface area contributed by atoms with Crippen molar-refractivity contribution in [2.75, 3.05) is 5.32 Å². The lowest BCUT2D eigenvalue weighted by Crippen LogP contribution is -2.20. The highest BCUT2D eigenvalue weighted by atomic mass is 35.5. The molecule has 2 aliphatic rings. The van der Waals surface area contributed by atoms with E-state index >= 15 is 0 Å². The van der Waals surface area contributed by atoms with Gasteiger partial charge in [0.2, 0.25) is 5.91 Å². The summed E-state index contributed by atoms with van der Waals surface area (Å²) in [5.74, 6) is 2.34. The molecule has 2 saturated carbocycles. The lowest BCUT2D eigenvalue weighted by atomic mass is 9.86. The average molecular weight is 298 g/mol. The van der Waals surface area contributed by atoms with Crippen LogP contribution in [0.4, 0.5) is 5.69 Å². The Bertz CT molecular complexity index is 503. The van der Waals surface area contributed by atoms with Gasteiger partial charge < -0.3 is 5.32 Å². The highest BCUT2D eigenvalue weighted by Gasteiger charge is 2.40. The monoisotopic (exact) mass is 297 g/mol. The number of rotatable bonds is 3. The molecule has 0 unspecified atom stereocenters. The molecule has 19 heavy (non-hydrogen) atoms. The quantitative estimate of drug-likeness (QED) is 0.856. The third-order valence-corrected chi connectivity index (χ3v) is 5.27. The lowest BCUT2D eigenvalue weighted by molar-refractivity contribution is -0.117. The number of fused-ring (bicyclic) bond motifs is 2. The van der Waals surface area contributed by atoms with E-state index in [4.69, 9.17) is 23.2 Å². The number of benzene rings is 1. The predicted octanol–water partition coefficient (Wildman–Crippen LogP) is 4.76. The number of carbonyl (C=O) groups is 1. The minimum Gasteiger partial charge on any atom is -0.326 e. The van der Waals surface area contributed by atoms with Crippen molar-refractivity contribution in [3.05, 3.63) is 28.2 Å². The standard InChI is InChI=1S/C15H17Cl2NO/c16-13-4-3-12(8-14(13)17)18-15(19)7-11-6-9-1-2-10(11)5-9/h3-4,8-11H,1-2,5-7H2,(H,18,19)/t9-,10+,11+/m0/s1. The van der Waals surface area contributed by atoms with E-state index in [1.54, 1.807) is 18.2 Å². The highest BCUT2D eigenvalue weighted by molar-refractivity contribution is 6.42. The van der Waals surface area contributed by atoms with E-state index in [-0.39, 0.29) is 5.91 Å². The Morgan fingerprint density at radius 1 is 1.21 bits per heavy atom. The molecule has 0 aliphatic heterocycles. The van der Waals surface area contributed by atoms with Crippen molar-refractivity contribution in [3.8, 4) is 0 Å². The van der Waals surface area contributed by atoms with Gasteiger partial charge in [0.25, 0.3) is 0 Å². The summed E-state index contributed by atoms with van der Waals surface area (Å²) in [6, 6.07) is 5.19. The van der Waals surface area contributed by atoms with Gasteiger partial charge in [-0.3, -0.25) is 4.79 Å². The van der Waals surface area contributed by atoms with Crippen molar-refractivity contribution in [1.82, 2.24) is 0 Å². The molecule has 0 radical (unpaired) electrons. The number of hydrogen-bond donors (Lipinski definition) is 1. The number of halogens is 2. The third-order valence-electron chi connectivity index (χ3n) is 4.54. The number of hydrogen-bond acceptors (Lipinski definition) is 1. The first-order valence-corrected chi connectivity index (χ1v) is 7.62. The van der Waals surface area contributed by atoms with Gasteiger partial charge in [-0.2, -0.15) is 0 Å². The predicted molar refractivity (Wildman–Crippen MR) is 78.6 cm³/mol. The Morgan fingerprint density at radius 2 is 2.05 bits per heavy atom. The molecule has 1 aromatic rings. The molecule has 0 aromatic heterocycles. The summed E-state index contributed by atoms with van der Waals surface area (Å²) >= 11 is 11.8. The number of anilines is 1. The Balaban J connectivity index is 1.57. The molecule has 2 aliphatic carbocycles. The Labute approximate surface area is 123 Å². The maximum atomic E-state index is 12.1. The zero-order valence-corrected chi connectivity index (χ0v) is 12.2. The van der Waals surface area contributed by atoms with E-state index in [0.717, 1.165) is 17.5 Å². The van der Waals surface area contributed by atoms with Crippen LogP contribution >= 0.6 is 23.2 Å². The molecule has 1 amide bonds. The fourth-order valence-electron chi connectivity index (χ4n) is 3.65. The van der Waals surface area contributed by atoms with Crippen LogP contribution in [0, 0.1) is 17.8 Å². The van der Waals surface area contributed by atoms with E-state index in [0.29, 0.717) is 22.4 Å². The number of carbonyl (C=O) groups excluding carboxylic acids is 1. The van der Waals surface area contributed by atoms with Crippen LogP contribution in [0.25, 0.3) is 0 Å². The summed E-state index contributed by atoms with van der Waals surface area (Å²) in [6.07, 6.45) is 5.90. The van der Waals surface area contributed by atoms with Crippen LogP contribution in [0.1, 0.15) is 32.1 Å². The lowest BCUT2D eigenvalue weighted by Gasteiger charge is -2.20. The first-order valence-electron chi connectivity index (χ1n) is 6.86. The molecule has 0 heterocycles. The van der Waals surface area contributed by atoms with E-state index < -0.39 is 0 Å². The summed E-state index contributed by atoms with van der Waals surface area (Å²) in [5, 5.41) is 3.89. The maximum absolute atomic E-state index is 12.1. The van der Waals surface area contributed by atoms with Crippen molar-refractivity contribution in [1.29, 1.82) is 0 Å². The maximum Gasteiger partial charge on any atom is 0.224 e. The summed E-state index contributed by atoms with van der Waals surface area (Å²) in [7, 11) is 0. The van der Waals surface area contributed by atoms with E-state index in [1.165, 1.54) is 25.7 Å². The Hall–Kier alpha value is -0.730. The van der Waals surface area contributed by atoms with E-state index in [2.05, 4.69) is 5.32 Å². The van der Waals surface area contributed by atoms with Crippen LogP contribution in [-0.4, -0.2) is 5.91 Å². The second-order valence-corrected chi connectivity index (χ2v) is 6.63. The van der Waals surface area contributed by atoms with E-state index in [9.17, 15) is 4.79 Å². The zero-order valence-electron chi connectivity index (χ0n) is 10.7. The normalized spacial score (nSPS) is 28.6. The largest absolute Gasteiger partial charge is 0.326 e. The fraction of sp³-hybridized carbons (Fsp3) is 0.533. The summed E-state index contributed by atoms with van der Waals surface area (Å²) in [4.78, 5) is 12.1. The Morgan fingerprint density at radius 3 is 2.68 bits per heavy atom. The molecule has 0 spiro atoms. The van der Waals surface area contributed by atoms with Crippen molar-refractivity contribution >= 4 is 34.8 Å². The summed E-state index contributed by atoms with van der Waals surface area (Å²) < 4.78 is 0. The molecule has 1 aromatic carbocycles. The second-order valence-electron chi connectivity index (χ2n) is 5.82. The minimum atomic E-state index is 0.0935. The molecule has 0 saturated heterocycles. The molecule has 2 bridgehead atoms. The molecule has 102 valence electrons.